The van der Waals surface area contributed by atoms with Crippen LogP contribution in [0.3, 0.4) is 0 Å². The van der Waals surface area contributed by atoms with E-state index in [0.717, 1.165) is 36.1 Å². The van der Waals surface area contributed by atoms with Gasteiger partial charge in [-0.2, -0.15) is 0 Å². The van der Waals surface area contributed by atoms with Crippen LogP contribution in [0.15, 0.2) is 18.7 Å². The zero-order valence-electron chi connectivity index (χ0n) is 16.1. The lowest BCUT2D eigenvalue weighted by molar-refractivity contribution is 0.0357. The standard InChI is InChI=1S/C21H26N4O3/c1-12-19-15(3-2-4-17(19)26)23-20(12)21(28)25-9-13-7-16(24-6-5-22-11-24)18(27)8-14(13)10-25/h5-6,11,13-14,16,18,23,27H,2-4,7-10H2,1H3/t13-,14+,16-,18-/m1/s1. The third-order valence-electron chi connectivity index (χ3n) is 6.96. The zero-order valence-corrected chi connectivity index (χ0v) is 16.1. The van der Waals surface area contributed by atoms with Gasteiger partial charge in [0.1, 0.15) is 5.69 Å². The predicted octanol–water partition coefficient (Wildman–Crippen LogP) is 2.12. The lowest BCUT2D eigenvalue weighted by Crippen LogP contribution is -2.35. The Kier molecular flexibility index (Phi) is 4.16. The second kappa shape index (κ2) is 6.58. The van der Waals surface area contributed by atoms with Crippen LogP contribution in [-0.2, 0) is 6.42 Å². The highest BCUT2D eigenvalue weighted by atomic mass is 16.3. The summed E-state index contributed by atoms with van der Waals surface area (Å²) >= 11 is 0. The lowest BCUT2D eigenvalue weighted by atomic mass is 9.77. The Hall–Kier alpha value is -2.41. The maximum atomic E-state index is 13.2. The number of ketones is 1. The number of Topliss-reactive ketones (excluding diaryl/α,β-unsaturated/α-hetero) is 1. The summed E-state index contributed by atoms with van der Waals surface area (Å²) in [6, 6.07) is 0.0240. The number of amides is 1. The lowest BCUT2D eigenvalue weighted by Gasteiger charge is -2.35. The molecule has 0 spiro atoms. The van der Waals surface area contributed by atoms with Crippen molar-refractivity contribution in [2.45, 2.75) is 51.2 Å². The van der Waals surface area contributed by atoms with E-state index in [1.807, 2.05) is 22.6 Å². The maximum Gasteiger partial charge on any atom is 0.270 e. The summed E-state index contributed by atoms with van der Waals surface area (Å²) in [6.07, 6.45) is 8.79. The Morgan fingerprint density at radius 1 is 1.25 bits per heavy atom. The smallest absolute Gasteiger partial charge is 0.270 e. The van der Waals surface area contributed by atoms with Gasteiger partial charge in [-0.25, -0.2) is 4.98 Å². The van der Waals surface area contributed by atoms with Gasteiger partial charge in [0.25, 0.3) is 5.91 Å². The minimum Gasteiger partial charge on any atom is -0.391 e. The van der Waals surface area contributed by atoms with Gasteiger partial charge >= 0.3 is 0 Å². The van der Waals surface area contributed by atoms with Crippen LogP contribution in [0.4, 0.5) is 0 Å². The van der Waals surface area contributed by atoms with Gasteiger partial charge in [-0.1, -0.05) is 0 Å². The minimum atomic E-state index is -0.414. The number of aliphatic hydroxyl groups excluding tert-OH is 1. The molecule has 2 fully saturated rings. The Bertz CT molecular complexity index is 916. The average Bonchev–Trinajstić information content (AvgIpc) is 3.39. The Morgan fingerprint density at radius 3 is 2.75 bits per heavy atom. The quantitative estimate of drug-likeness (QED) is 0.832. The van der Waals surface area contributed by atoms with Gasteiger partial charge in [0.2, 0.25) is 0 Å². The van der Waals surface area contributed by atoms with E-state index < -0.39 is 6.10 Å². The van der Waals surface area contributed by atoms with E-state index >= 15 is 0 Å². The number of fused-ring (bicyclic) bond motifs is 2. The highest BCUT2D eigenvalue weighted by Gasteiger charge is 2.44. The molecule has 5 rings (SSSR count). The number of hydrogen-bond donors (Lipinski definition) is 2. The van der Waals surface area contributed by atoms with Gasteiger partial charge in [0, 0.05) is 43.2 Å². The first kappa shape index (κ1) is 17.7. The Labute approximate surface area is 163 Å². The second-order valence-corrected chi connectivity index (χ2v) is 8.60. The first-order chi connectivity index (χ1) is 13.5. The van der Waals surface area contributed by atoms with E-state index in [2.05, 4.69) is 9.97 Å². The van der Waals surface area contributed by atoms with Crippen LogP contribution in [0, 0.1) is 18.8 Å². The van der Waals surface area contributed by atoms with Crippen LogP contribution >= 0.6 is 0 Å². The number of nitrogens with zero attached hydrogens (tertiary/aromatic N) is 3. The molecule has 0 bridgehead atoms. The van der Waals surface area contributed by atoms with E-state index in [9.17, 15) is 14.7 Å². The zero-order chi connectivity index (χ0) is 19.4. The third-order valence-corrected chi connectivity index (χ3v) is 6.96. The Balaban J connectivity index is 1.35. The predicted molar refractivity (Wildman–Crippen MR) is 102 cm³/mol. The van der Waals surface area contributed by atoms with Crippen molar-refractivity contribution in [1.82, 2.24) is 19.4 Å². The van der Waals surface area contributed by atoms with Crippen molar-refractivity contribution in [1.29, 1.82) is 0 Å². The molecule has 0 unspecified atom stereocenters. The molecule has 3 heterocycles. The maximum absolute atomic E-state index is 13.2. The first-order valence-electron chi connectivity index (χ1n) is 10.2. The van der Waals surface area contributed by atoms with E-state index in [4.69, 9.17) is 0 Å². The van der Waals surface area contributed by atoms with Crippen molar-refractivity contribution in [3.05, 3.63) is 41.2 Å². The van der Waals surface area contributed by atoms with Crippen molar-refractivity contribution >= 4 is 11.7 Å². The summed E-state index contributed by atoms with van der Waals surface area (Å²) < 4.78 is 1.99. The van der Waals surface area contributed by atoms with Gasteiger partial charge in [0.05, 0.1) is 18.5 Å². The van der Waals surface area contributed by atoms with E-state index in [0.29, 0.717) is 43.5 Å². The number of likely N-dealkylation sites (tertiary alicyclic amines) is 1. The fourth-order valence-corrected chi connectivity index (χ4v) is 5.51. The molecule has 0 aromatic carbocycles. The van der Waals surface area contributed by atoms with Crippen molar-refractivity contribution in [3.63, 3.8) is 0 Å². The van der Waals surface area contributed by atoms with E-state index in [-0.39, 0.29) is 17.7 Å². The Morgan fingerprint density at radius 2 is 2.04 bits per heavy atom. The molecule has 2 aliphatic carbocycles. The molecule has 2 aromatic heterocycles. The summed E-state index contributed by atoms with van der Waals surface area (Å²) in [5, 5.41) is 10.6. The number of aryl methyl sites for hydroxylation is 1. The van der Waals surface area contributed by atoms with Crippen molar-refractivity contribution in [3.8, 4) is 0 Å². The average molecular weight is 382 g/mol. The second-order valence-electron chi connectivity index (χ2n) is 8.60. The molecule has 2 N–H and O–H groups in total. The number of imidazole rings is 1. The number of rotatable bonds is 2. The number of nitrogens with one attached hydrogen (secondary N) is 1. The summed E-state index contributed by atoms with van der Waals surface area (Å²) in [5.41, 5.74) is 3.03. The van der Waals surface area contributed by atoms with Gasteiger partial charge < -0.3 is 19.6 Å². The third kappa shape index (κ3) is 2.71. The molecule has 4 atom stereocenters. The molecular formula is C21H26N4O3. The summed E-state index contributed by atoms with van der Waals surface area (Å²) in [6.45, 7) is 3.26. The highest BCUT2D eigenvalue weighted by Crippen LogP contribution is 2.42. The summed E-state index contributed by atoms with van der Waals surface area (Å²) in [4.78, 5) is 34.8. The molecule has 148 valence electrons. The molecule has 0 radical (unpaired) electrons. The molecule has 7 heteroatoms. The largest absolute Gasteiger partial charge is 0.391 e. The van der Waals surface area contributed by atoms with Crippen LogP contribution in [0.1, 0.15) is 63.8 Å². The number of aliphatic hydroxyl groups is 1. The molecule has 3 aliphatic rings. The normalized spacial score (nSPS) is 29.6. The molecular weight excluding hydrogens is 356 g/mol. The highest BCUT2D eigenvalue weighted by molar-refractivity contribution is 6.04. The molecule has 7 nitrogen and oxygen atoms in total. The number of aromatic amines is 1. The fourth-order valence-electron chi connectivity index (χ4n) is 5.51. The van der Waals surface area contributed by atoms with Gasteiger partial charge in [-0.05, 0) is 50.0 Å². The summed E-state index contributed by atoms with van der Waals surface area (Å²) in [7, 11) is 0. The van der Waals surface area contributed by atoms with Crippen molar-refractivity contribution < 1.29 is 14.7 Å². The van der Waals surface area contributed by atoms with Crippen molar-refractivity contribution in [2.75, 3.05) is 13.1 Å². The molecule has 2 aromatic rings. The number of hydrogen-bond acceptors (Lipinski definition) is 4. The molecule has 1 saturated carbocycles. The monoisotopic (exact) mass is 382 g/mol. The SMILES string of the molecule is Cc1c(C(=O)N2C[C@H]3C[C@@H](n4ccnc4)[C@H](O)C[C@H]3C2)[nH]c2c1C(=O)CCC2. The first-order valence-corrected chi connectivity index (χ1v) is 10.2. The van der Waals surface area contributed by atoms with Gasteiger partial charge in [0.15, 0.2) is 5.78 Å². The minimum absolute atomic E-state index is 0.0113. The number of carbonyl (C=O) groups excluding carboxylic acids is 2. The summed E-state index contributed by atoms with van der Waals surface area (Å²) in [5.74, 6) is 0.842. The van der Waals surface area contributed by atoms with Crippen LogP contribution in [0.25, 0.3) is 0 Å². The number of H-pyrrole nitrogens is 1. The van der Waals surface area contributed by atoms with E-state index in [1.54, 1.807) is 12.5 Å². The topological polar surface area (TPSA) is 91.2 Å². The number of aromatic nitrogens is 3. The van der Waals surface area contributed by atoms with Gasteiger partial charge in [-0.15, -0.1) is 0 Å². The van der Waals surface area contributed by atoms with Crippen LogP contribution < -0.4 is 0 Å². The molecule has 1 amide bonds. The molecule has 1 saturated heterocycles. The fraction of sp³-hybridized carbons (Fsp3) is 0.571. The van der Waals surface area contributed by atoms with E-state index in [1.165, 1.54) is 0 Å². The van der Waals surface area contributed by atoms with Crippen LogP contribution in [0.2, 0.25) is 0 Å². The number of carbonyl (C=O) groups is 2. The molecule has 1 aliphatic heterocycles. The van der Waals surface area contributed by atoms with Crippen LogP contribution in [-0.4, -0.2) is 55.4 Å². The van der Waals surface area contributed by atoms with Gasteiger partial charge in [-0.3, -0.25) is 9.59 Å². The molecule has 28 heavy (non-hydrogen) atoms. The van der Waals surface area contributed by atoms with Crippen LogP contribution in [0.5, 0.6) is 0 Å². The van der Waals surface area contributed by atoms with Crippen molar-refractivity contribution in [2.24, 2.45) is 11.8 Å².